The van der Waals surface area contributed by atoms with Gasteiger partial charge in [-0.15, -0.1) is 0 Å². The molecule has 0 aromatic heterocycles. The summed E-state index contributed by atoms with van der Waals surface area (Å²) >= 11 is 19.2. The van der Waals surface area contributed by atoms with Crippen molar-refractivity contribution in [3.8, 4) is 0 Å². The lowest BCUT2D eigenvalue weighted by Gasteiger charge is -2.34. The Morgan fingerprint density at radius 1 is 0.927 bits per heavy atom. The van der Waals surface area contributed by atoms with Crippen LogP contribution < -0.4 is 9.62 Å². The molecule has 41 heavy (non-hydrogen) atoms. The van der Waals surface area contributed by atoms with Gasteiger partial charge in [0, 0.05) is 33.7 Å². The number of nitrogens with zero attached hydrogens (tertiary/aromatic N) is 2. The third-order valence-corrected chi connectivity index (χ3v) is 9.37. The molecule has 0 bridgehead atoms. The average Bonchev–Trinajstić information content (AvgIpc) is 2.95. The number of benzene rings is 3. The molecule has 220 valence electrons. The predicted octanol–water partition coefficient (Wildman–Crippen LogP) is 6.87. The normalized spacial score (nSPS) is 12.0. The Balaban J connectivity index is 2.10. The summed E-state index contributed by atoms with van der Waals surface area (Å²) in [5.41, 5.74) is 1.32. The highest BCUT2D eigenvalue weighted by Crippen LogP contribution is 2.31. The van der Waals surface area contributed by atoms with Crippen LogP contribution in [-0.2, 0) is 26.2 Å². The van der Waals surface area contributed by atoms with E-state index in [2.05, 4.69) is 5.32 Å². The number of carbonyl (C=O) groups is 2. The Bertz CT molecular complexity index is 1450. The van der Waals surface area contributed by atoms with Crippen molar-refractivity contribution < 1.29 is 18.0 Å². The van der Waals surface area contributed by atoms with Crippen molar-refractivity contribution in [2.24, 2.45) is 0 Å². The fourth-order valence-corrected chi connectivity index (χ4v) is 6.54. The van der Waals surface area contributed by atoms with Crippen LogP contribution in [0.15, 0.2) is 71.6 Å². The summed E-state index contributed by atoms with van der Waals surface area (Å²) in [5.74, 6) is -0.939. The number of rotatable bonds is 13. The van der Waals surface area contributed by atoms with Gasteiger partial charge in [-0.2, -0.15) is 0 Å². The van der Waals surface area contributed by atoms with Gasteiger partial charge in [-0.05, 0) is 61.7 Å². The fraction of sp³-hybridized carbons (Fsp3) is 0.333. The minimum Gasteiger partial charge on any atom is -0.354 e. The lowest BCUT2D eigenvalue weighted by atomic mass is 10.1. The third kappa shape index (κ3) is 8.16. The van der Waals surface area contributed by atoms with Gasteiger partial charge >= 0.3 is 0 Å². The molecule has 7 nitrogen and oxygen atoms in total. The van der Waals surface area contributed by atoms with Crippen LogP contribution in [-0.4, -0.2) is 44.3 Å². The molecule has 0 saturated carbocycles. The molecule has 1 N–H and O–H groups in total. The first kappa shape index (κ1) is 32.7. The van der Waals surface area contributed by atoms with Crippen molar-refractivity contribution in [2.45, 2.75) is 57.5 Å². The molecule has 11 heteroatoms. The van der Waals surface area contributed by atoms with E-state index in [1.807, 2.05) is 6.92 Å². The summed E-state index contributed by atoms with van der Waals surface area (Å²) in [6, 6.07) is 16.8. The molecule has 0 saturated heterocycles. The van der Waals surface area contributed by atoms with E-state index >= 15 is 0 Å². The Morgan fingerprint density at radius 2 is 1.59 bits per heavy atom. The molecule has 3 aromatic rings. The molecule has 2 amide bonds. The largest absolute Gasteiger partial charge is 0.354 e. The molecule has 3 rings (SSSR count). The molecule has 0 aliphatic carbocycles. The summed E-state index contributed by atoms with van der Waals surface area (Å²) in [7, 11) is -4.21. The van der Waals surface area contributed by atoms with E-state index in [1.54, 1.807) is 62.4 Å². The molecule has 0 unspecified atom stereocenters. The molecule has 0 heterocycles. The molecule has 0 aliphatic heterocycles. The monoisotopic (exact) mass is 637 g/mol. The topological polar surface area (TPSA) is 86.8 Å². The van der Waals surface area contributed by atoms with Crippen molar-refractivity contribution in [3.05, 3.63) is 92.9 Å². The molecule has 0 aliphatic rings. The Kier molecular flexibility index (Phi) is 11.9. The molecule has 0 radical (unpaired) electrons. The van der Waals surface area contributed by atoms with Crippen LogP contribution in [0.2, 0.25) is 15.1 Å². The highest BCUT2D eigenvalue weighted by Gasteiger charge is 2.34. The van der Waals surface area contributed by atoms with E-state index in [-0.39, 0.29) is 29.5 Å². The van der Waals surface area contributed by atoms with Crippen molar-refractivity contribution in [1.82, 2.24) is 10.2 Å². The van der Waals surface area contributed by atoms with Gasteiger partial charge in [0.25, 0.3) is 10.0 Å². The molecule has 1 atom stereocenters. The van der Waals surface area contributed by atoms with Gasteiger partial charge < -0.3 is 10.2 Å². The van der Waals surface area contributed by atoms with Crippen molar-refractivity contribution in [3.63, 3.8) is 0 Å². The average molecular weight is 639 g/mol. The maximum absolute atomic E-state index is 14.2. The Morgan fingerprint density at radius 3 is 2.20 bits per heavy atom. The predicted molar refractivity (Wildman–Crippen MR) is 166 cm³/mol. The maximum atomic E-state index is 14.2. The number of hydrogen-bond donors (Lipinski definition) is 1. The van der Waals surface area contributed by atoms with Crippen molar-refractivity contribution in [2.75, 3.05) is 17.4 Å². The second-order valence-electron chi connectivity index (χ2n) is 9.55. The van der Waals surface area contributed by atoms with Crippen LogP contribution in [0.5, 0.6) is 0 Å². The standard InChI is InChI=1S/C30H34Cl3N3O4S/c1-4-6-17-34-30(38)27(5-2)35(19-24-25(32)13-10-14-26(24)33)29(37)20-36(28-18-22(31)16-15-21(28)3)41(39,40)23-11-8-7-9-12-23/h7-16,18,27H,4-6,17,19-20H2,1-3H3,(H,34,38)/t27-/m0/s1. The van der Waals surface area contributed by atoms with E-state index in [9.17, 15) is 18.0 Å². The van der Waals surface area contributed by atoms with E-state index in [1.165, 1.54) is 23.1 Å². The quantitative estimate of drug-likeness (QED) is 0.207. The number of nitrogens with one attached hydrogen (secondary N) is 1. The van der Waals surface area contributed by atoms with Gasteiger partial charge in [-0.1, -0.05) is 85.4 Å². The van der Waals surface area contributed by atoms with Gasteiger partial charge in [0.15, 0.2) is 0 Å². The summed E-state index contributed by atoms with van der Waals surface area (Å²) in [5, 5.41) is 3.87. The smallest absolute Gasteiger partial charge is 0.264 e. The zero-order valence-corrected chi connectivity index (χ0v) is 26.3. The van der Waals surface area contributed by atoms with Crippen LogP contribution >= 0.6 is 34.8 Å². The number of anilines is 1. The Labute approximate surface area is 257 Å². The number of carbonyl (C=O) groups excluding carboxylic acids is 2. The van der Waals surface area contributed by atoms with Crippen molar-refractivity contribution in [1.29, 1.82) is 0 Å². The maximum Gasteiger partial charge on any atom is 0.264 e. The van der Waals surface area contributed by atoms with Crippen LogP contribution in [0.1, 0.15) is 44.2 Å². The fourth-order valence-electron chi connectivity index (χ4n) is 4.36. The number of hydrogen-bond acceptors (Lipinski definition) is 4. The van der Waals surface area contributed by atoms with Gasteiger partial charge in [-0.3, -0.25) is 13.9 Å². The lowest BCUT2D eigenvalue weighted by molar-refractivity contribution is -0.140. The Hall–Kier alpha value is -2.78. The van der Waals surface area contributed by atoms with Crippen LogP contribution in [0.25, 0.3) is 0 Å². The van der Waals surface area contributed by atoms with Crippen LogP contribution in [0, 0.1) is 6.92 Å². The van der Waals surface area contributed by atoms with Crippen LogP contribution in [0.4, 0.5) is 5.69 Å². The number of unbranched alkanes of at least 4 members (excludes halogenated alkanes) is 1. The van der Waals surface area contributed by atoms with Crippen molar-refractivity contribution >= 4 is 62.3 Å². The zero-order chi connectivity index (χ0) is 30.2. The van der Waals surface area contributed by atoms with Crippen LogP contribution in [0.3, 0.4) is 0 Å². The first-order chi connectivity index (χ1) is 19.5. The number of amides is 2. The number of halogens is 3. The SMILES string of the molecule is CCCCNC(=O)[C@H](CC)N(Cc1c(Cl)cccc1Cl)C(=O)CN(c1cc(Cl)ccc1C)S(=O)(=O)c1ccccc1. The van der Waals surface area contributed by atoms with Gasteiger partial charge in [0.1, 0.15) is 12.6 Å². The number of sulfonamides is 1. The minimum atomic E-state index is -4.21. The van der Waals surface area contributed by atoms with Gasteiger partial charge in [0.05, 0.1) is 10.6 Å². The molecule has 0 fully saturated rings. The molecule has 0 spiro atoms. The first-order valence-electron chi connectivity index (χ1n) is 13.3. The third-order valence-electron chi connectivity index (χ3n) is 6.66. The highest BCUT2D eigenvalue weighted by molar-refractivity contribution is 7.92. The highest BCUT2D eigenvalue weighted by atomic mass is 35.5. The lowest BCUT2D eigenvalue weighted by Crippen LogP contribution is -2.52. The van der Waals surface area contributed by atoms with Gasteiger partial charge in [-0.25, -0.2) is 8.42 Å². The van der Waals surface area contributed by atoms with E-state index < -0.39 is 28.5 Å². The molecular weight excluding hydrogens is 605 g/mol. The summed E-state index contributed by atoms with van der Waals surface area (Å²) in [4.78, 5) is 28.9. The number of aryl methyl sites for hydroxylation is 1. The summed E-state index contributed by atoms with van der Waals surface area (Å²) in [6.07, 6.45) is 1.96. The van der Waals surface area contributed by atoms with E-state index in [4.69, 9.17) is 34.8 Å². The minimum absolute atomic E-state index is 0.0113. The zero-order valence-electron chi connectivity index (χ0n) is 23.2. The van der Waals surface area contributed by atoms with Gasteiger partial charge in [0.2, 0.25) is 11.8 Å². The molecular formula is C30H34Cl3N3O4S. The second-order valence-corrected chi connectivity index (χ2v) is 12.7. The second kappa shape index (κ2) is 14.9. The first-order valence-corrected chi connectivity index (χ1v) is 15.9. The summed E-state index contributed by atoms with van der Waals surface area (Å²) in [6.45, 7) is 5.32. The van der Waals surface area contributed by atoms with E-state index in [0.717, 1.165) is 17.1 Å². The van der Waals surface area contributed by atoms with E-state index in [0.29, 0.717) is 32.7 Å². The summed E-state index contributed by atoms with van der Waals surface area (Å²) < 4.78 is 29.0. The molecule has 3 aromatic carbocycles.